The summed E-state index contributed by atoms with van der Waals surface area (Å²) in [5, 5.41) is 0. The molecular weight excluding hydrogens is 270 g/mol. The van der Waals surface area contributed by atoms with Crippen LogP contribution < -0.4 is 4.90 Å². The first kappa shape index (κ1) is 11.6. The molecule has 0 aliphatic carbocycles. The molecule has 1 aliphatic rings. The van der Waals surface area contributed by atoms with Crippen molar-refractivity contribution in [3.63, 3.8) is 0 Å². The molecule has 2 rings (SSSR count). The summed E-state index contributed by atoms with van der Waals surface area (Å²) < 4.78 is 6.34. The number of aldehydes is 1. The van der Waals surface area contributed by atoms with Crippen LogP contribution >= 0.6 is 15.9 Å². The van der Waals surface area contributed by atoms with Gasteiger partial charge in [-0.3, -0.25) is 4.79 Å². The van der Waals surface area contributed by atoms with Crippen molar-refractivity contribution in [3.8, 4) is 0 Å². The van der Waals surface area contributed by atoms with Crippen LogP contribution in [-0.2, 0) is 4.74 Å². The van der Waals surface area contributed by atoms with Gasteiger partial charge in [-0.25, -0.2) is 0 Å². The average Bonchev–Trinajstić information content (AvgIpc) is 2.29. The minimum absolute atomic E-state index is 0.262. The first-order valence-corrected chi connectivity index (χ1v) is 6.11. The number of hydrogen-bond acceptors (Lipinski definition) is 3. The maximum Gasteiger partial charge on any atom is 0.151 e. The van der Waals surface area contributed by atoms with E-state index in [2.05, 4.69) is 27.8 Å². The fourth-order valence-electron chi connectivity index (χ4n) is 1.86. The van der Waals surface area contributed by atoms with E-state index in [1.54, 1.807) is 0 Å². The molecule has 0 saturated carbocycles. The Hall–Kier alpha value is -0.870. The zero-order chi connectivity index (χ0) is 11.5. The van der Waals surface area contributed by atoms with Gasteiger partial charge in [-0.2, -0.15) is 0 Å². The van der Waals surface area contributed by atoms with Gasteiger partial charge in [-0.1, -0.05) is 0 Å². The molecule has 0 N–H and O–H groups in total. The van der Waals surface area contributed by atoms with Crippen molar-refractivity contribution in [2.24, 2.45) is 0 Å². The lowest BCUT2D eigenvalue weighted by Gasteiger charge is -2.33. The van der Waals surface area contributed by atoms with Gasteiger partial charge < -0.3 is 9.64 Å². The Morgan fingerprint density at radius 3 is 3.00 bits per heavy atom. The van der Waals surface area contributed by atoms with Crippen LogP contribution in [0.3, 0.4) is 0 Å². The molecule has 16 heavy (non-hydrogen) atoms. The van der Waals surface area contributed by atoms with E-state index in [1.807, 2.05) is 18.2 Å². The lowest BCUT2D eigenvalue weighted by Crippen LogP contribution is -2.41. The monoisotopic (exact) mass is 283 g/mol. The summed E-state index contributed by atoms with van der Waals surface area (Å²) in [5.74, 6) is 0. The van der Waals surface area contributed by atoms with Crippen molar-refractivity contribution >= 4 is 27.9 Å². The zero-order valence-electron chi connectivity index (χ0n) is 9.15. The highest BCUT2D eigenvalue weighted by atomic mass is 79.9. The Morgan fingerprint density at radius 2 is 2.38 bits per heavy atom. The zero-order valence-corrected chi connectivity index (χ0v) is 10.7. The Morgan fingerprint density at radius 1 is 1.56 bits per heavy atom. The number of anilines is 1. The van der Waals surface area contributed by atoms with Gasteiger partial charge in [-0.05, 0) is 41.1 Å². The van der Waals surface area contributed by atoms with Gasteiger partial charge in [0.15, 0.2) is 6.29 Å². The number of halogens is 1. The van der Waals surface area contributed by atoms with Crippen LogP contribution in [0.2, 0.25) is 0 Å². The number of carbonyl (C=O) groups is 1. The number of hydrogen-bond donors (Lipinski definition) is 0. The maximum absolute atomic E-state index is 10.7. The number of morpholine rings is 1. The molecule has 1 heterocycles. The molecule has 4 heteroatoms. The molecule has 1 saturated heterocycles. The number of carbonyl (C=O) groups excluding carboxylic acids is 1. The minimum atomic E-state index is 0.262. The van der Waals surface area contributed by atoms with Gasteiger partial charge in [-0.15, -0.1) is 0 Å². The van der Waals surface area contributed by atoms with Gasteiger partial charge in [0.05, 0.1) is 12.7 Å². The maximum atomic E-state index is 10.7. The molecule has 1 fully saturated rings. The van der Waals surface area contributed by atoms with E-state index >= 15 is 0 Å². The lowest BCUT2D eigenvalue weighted by molar-refractivity contribution is 0.0532. The summed E-state index contributed by atoms with van der Waals surface area (Å²) in [6, 6.07) is 5.81. The number of rotatable bonds is 2. The summed E-state index contributed by atoms with van der Waals surface area (Å²) in [6.45, 7) is 4.62. The van der Waals surface area contributed by atoms with Crippen LogP contribution in [0.1, 0.15) is 17.3 Å². The topological polar surface area (TPSA) is 29.5 Å². The SMILES string of the molecule is CC1CN(c2ccc(C=O)c(Br)c2)CCO1. The van der Waals surface area contributed by atoms with Gasteiger partial charge in [0, 0.05) is 28.8 Å². The molecule has 0 bridgehead atoms. The summed E-state index contributed by atoms with van der Waals surface area (Å²) in [6.07, 6.45) is 1.12. The predicted molar refractivity (Wildman–Crippen MR) is 67.2 cm³/mol. The van der Waals surface area contributed by atoms with Crippen molar-refractivity contribution < 1.29 is 9.53 Å². The highest BCUT2D eigenvalue weighted by Crippen LogP contribution is 2.24. The Kier molecular flexibility index (Phi) is 3.61. The van der Waals surface area contributed by atoms with Crippen molar-refractivity contribution in [3.05, 3.63) is 28.2 Å². The molecule has 0 spiro atoms. The fourth-order valence-corrected chi connectivity index (χ4v) is 2.32. The van der Waals surface area contributed by atoms with Crippen LogP contribution in [0.4, 0.5) is 5.69 Å². The van der Waals surface area contributed by atoms with Crippen LogP contribution in [0.5, 0.6) is 0 Å². The number of ether oxygens (including phenoxy) is 1. The van der Waals surface area contributed by atoms with Crippen molar-refractivity contribution in [1.29, 1.82) is 0 Å². The van der Waals surface area contributed by atoms with Crippen molar-refractivity contribution in [2.45, 2.75) is 13.0 Å². The third-order valence-electron chi connectivity index (χ3n) is 2.72. The van der Waals surface area contributed by atoms with E-state index in [-0.39, 0.29) is 6.10 Å². The first-order chi connectivity index (χ1) is 7.70. The van der Waals surface area contributed by atoms with E-state index in [1.165, 1.54) is 0 Å². The molecule has 1 atom stereocenters. The third kappa shape index (κ3) is 2.44. The normalized spacial score (nSPS) is 20.9. The first-order valence-electron chi connectivity index (χ1n) is 5.32. The van der Waals surface area contributed by atoms with Crippen molar-refractivity contribution in [2.75, 3.05) is 24.6 Å². The molecule has 86 valence electrons. The minimum Gasteiger partial charge on any atom is -0.375 e. The molecule has 1 aliphatic heterocycles. The summed E-state index contributed by atoms with van der Waals surface area (Å²) in [5.41, 5.74) is 1.82. The van der Waals surface area contributed by atoms with Crippen LogP contribution in [0, 0.1) is 0 Å². The lowest BCUT2D eigenvalue weighted by atomic mass is 10.2. The van der Waals surface area contributed by atoms with Crippen LogP contribution in [-0.4, -0.2) is 32.1 Å². The highest BCUT2D eigenvalue weighted by Gasteiger charge is 2.17. The van der Waals surface area contributed by atoms with Crippen molar-refractivity contribution in [1.82, 2.24) is 0 Å². The molecule has 3 nitrogen and oxygen atoms in total. The third-order valence-corrected chi connectivity index (χ3v) is 3.40. The largest absolute Gasteiger partial charge is 0.375 e. The molecule has 1 unspecified atom stereocenters. The van der Waals surface area contributed by atoms with E-state index in [0.717, 1.165) is 36.1 Å². The smallest absolute Gasteiger partial charge is 0.151 e. The molecular formula is C12H14BrNO2. The summed E-state index contributed by atoms with van der Waals surface area (Å²) in [4.78, 5) is 13.0. The van der Waals surface area contributed by atoms with Gasteiger partial charge in [0.2, 0.25) is 0 Å². The second-order valence-electron chi connectivity index (χ2n) is 3.95. The second-order valence-corrected chi connectivity index (χ2v) is 4.81. The molecule has 1 aromatic rings. The Labute approximate surface area is 104 Å². The standard InChI is InChI=1S/C12H14BrNO2/c1-9-7-14(4-5-16-9)11-3-2-10(8-15)12(13)6-11/h2-3,6,8-9H,4-5,7H2,1H3. The quantitative estimate of drug-likeness (QED) is 0.781. The number of benzene rings is 1. The average molecular weight is 284 g/mol. The van der Waals surface area contributed by atoms with Crippen LogP contribution in [0.15, 0.2) is 22.7 Å². The molecule has 1 aromatic carbocycles. The van der Waals surface area contributed by atoms with Gasteiger partial charge >= 0.3 is 0 Å². The second kappa shape index (κ2) is 4.97. The van der Waals surface area contributed by atoms with E-state index in [4.69, 9.17) is 4.74 Å². The molecule has 0 amide bonds. The predicted octanol–water partition coefficient (Wildman–Crippen LogP) is 2.49. The van der Waals surface area contributed by atoms with E-state index in [0.29, 0.717) is 5.56 Å². The highest BCUT2D eigenvalue weighted by molar-refractivity contribution is 9.10. The van der Waals surface area contributed by atoms with Gasteiger partial charge in [0.1, 0.15) is 0 Å². The van der Waals surface area contributed by atoms with Gasteiger partial charge in [0.25, 0.3) is 0 Å². The van der Waals surface area contributed by atoms with Crippen LogP contribution in [0.25, 0.3) is 0 Å². The molecule has 0 aromatic heterocycles. The fraction of sp³-hybridized carbons (Fsp3) is 0.417. The number of nitrogens with zero attached hydrogens (tertiary/aromatic N) is 1. The van der Waals surface area contributed by atoms with E-state index < -0.39 is 0 Å². The Balaban J connectivity index is 2.20. The molecule has 0 radical (unpaired) electrons. The summed E-state index contributed by atoms with van der Waals surface area (Å²) in [7, 11) is 0. The van der Waals surface area contributed by atoms with E-state index in [9.17, 15) is 4.79 Å². The Bertz CT molecular complexity index is 395. The summed E-state index contributed by atoms with van der Waals surface area (Å²) >= 11 is 3.40.